The molecule has 0 spiro atoms. The zero-order chi connectivity index (χ0) is 77.8. The topological polar surface area (TPSA) is 690 Å². The number of rotatable bonds is 24. The summed E-state index contributed by atoms with van der Waals surface area (Å²) in [6.07, 6.45) is -0.708. The van der Waals surface area contributed by atoms with Crippen LogP contribution in [0.25, 0.3) is 0 Å². The van der Waals surface area contributed by atoms with Gasteiger partial charge in [0.2, 0.25) is 82.7 Å². The predicted molar refractivity (Wildman–Crippen MR) is 382 cm³/mol. The molecule has 45 heteroatoms. The third kappa shape index (κ3) is 34.7. The molecule has 0 unspecified atom stereocenters. The zero-order valence-electron chi connectivity index (χ0n) is 58.4. The first kappa shape index (κ1) is 88.8. The van der Waals surface area contributed by atoms with E-state index < -0.39 is 211 Å². The first-order chi connectivity index (χ1) is 49.0. The van der Waals surface area contributed by atoms with E-state index in [9.17, 15) is 81.8 Å². The van der Waals surface area contributed by atoms with Gasteiger partial charge in [-0.3, -0.25) is 110 Å². The number of guanidine groups is 2. The fourth-order valence-corrected chi connectivity index (χ4v) is 15.8. The van der Waals surface area contributed by atoms with Crippen LogP contribution in [-0.4, -0.2) is 243 Å². The second-order valence-electron chi connectivity index (χ2n) is 25.1. The second kappa shape index (κ2) is 46.4. The van der Waals surface area contributed by atoms with Crippen molar-refractivity contribution in [2.24, 2.45) is 46.2 Å². The van der Waals surface area contributed by atoms with Crippen molar-refractivity contribution in [3.8, 4) is 0 Å². The Morgan fingerprint density at radius 1 is 0.615 bits per heavy atom. The molecule has 12 atom stereocenters. The maximum atomic E-state index is 14.9. The van der Waals surface area contributed by atoms with Gasteiger partial charge in [-0.1, -0.05) is 70.9 Å². The number of aromatic nitrogens is 2. The van der Waals surface area contributed by atoms with Crippen molar-refractivity contribution in [3.63, 3.8) is 0 Å². The number of nitrogens with two attached hydrogens (primary N) is 6. The second-order valence-corrected chi connectivity index (χ2v) is 30.4. The normalized spacial score (nSPS) is 24.4. The lowest BCUT2D eigenvalue weighted by molar-refractivity contribution is -0.460. The van der Waals surface area contributed by atoms with Crippen LogP contribution in [0.5, 0.6) is 0 Å². The summed E-state index contributed by atoms with van der Waals surface area (Å²) in [5, 5.41) is 41.6. The Hall–Kier alpha value is -9.37. The summed E-state index contributed by atoms with van der Waals surface area (Å²) < 4.78 is 0. The van der Waals surface area contributed by atoms with E-state index in [2.05, 4.69) is 94.8 Å². The van der Waals surface area contributed by atoms with Crippen LogP contribution in [0.4, 0.5) is 0 Å². The molecule has 1 aromatic rings. The molecule has 41 nitrogen and oxygen atoms in total. The highest BCUT2D eigenvalue weighted by Crippen LogP contribution is 2.36. The molecule has 104 heavy (non-hydrogen) atoms. The van der Waals surface area contributed by atoms with Gasteiger partial charge in [-0.15, -0.1) is 0 Å². The summed E-state index contributed by atoms with van der Waals surface area (Å²) in [4.78, 5) is 235. The fourth-order valence-electron chi connectivity index (χ4n) is 9.90. The van der Waals surface area contributed by atoms with Gasteiger partial charge in [0.1, 0.15) is 66.5 Å². The van der Waals surface area contributed by atoms with Crippen molar-refractivity contribution < 1.29 is 97.5 Å². The molecule has 3 rings (SSSR count). The Balaban J connectivity index is 2.42. The zero-order valence-corrected chi connectivity index (χ0v) is 61.7. The van der Waals surface area contributed by atoms with E-state index in [0.29, 0.717) is 0 Å². The van der Waals surface area contributed by atoms with Gasteiger partial charge in [-0.2, -0.15) is 0 Å². The standard InChI is InChI=1S/C59H98N24O17S4/c1-27(2)14-35(47(62)90)79-57(100)41-25-103-104-31-17-38(75-43(85)19-60)53(96)73-29(5)48(91)80-36(15-28(3)4)50(93)71-21-44(86)74-32(8-6-12-68-58(63)64)49(92)70-22-45(87)76-40(24-102-101-23-31)56(99)78-34(10-11-46(88)89)52(95)82-39(18-42(61)84)55(98)81-37(16-30-20-67-26-72-30)54(97)77-33(51(94)83-41)9-7-13-69-59(65)66/h20,26-29,31-41H,6-19,21-25,60H2,1-5H3,(H2,61,84)(H2,62,90)(H,67,72)(H,70,92)(H,71,93)(H,73,96)(H,74,86)(H,75,85)(H,76,87)(H,77,97)(H,78,99)(H,79,100)(H,80,91)(H,81,98)(H,82,95)(H,83,94)(H,88,89)(H4,63,64,68)(H4,65,66,69)/p+3/t29-,31+,32-,33-,34-,35-,36-,37-,38-,39-,40-,41-/m0/s1. The van der Waals surface area contributed by atoms with Crippen molar-refractivity contribution in [1.29, 1.82) is 0 Å². The van der Waals surface area contributed by atoms with Gasteiger partial charge in [-0.05, 0) is 70.1 Å². The Morgan fingerprint density at radius 3 is 1.72 bits per heavy atom. The minimum absolute atomic E-state index is 0.0279. The number of fused-ring (bicyclic) bond motifs is 5. The van der Waals surface area contributed by atoms with E-state index in [1.165, 1.54) is 19.4 Å². The number of hydrogen-bond donors (Lipinski definition) is 24. The number of nitrogens with one attached hydrogen (secondary N) is 16. The Labute approximate surface area is 614 Å². The van der Waals surface area contributed by atoms with E-state index in [0.717, 1.165) is 43.2 Å². The molecule has 2 saturated heterocycles. The first-order valence-electron chi connectivity index (χ1n) is 33.2. The van der Waals surface area contributed by atoms with Crippen LogP contribution in [0.3, 0.4) is 0 Å². The smallest absolute Gasteiger partial charge is 0.338 e. The number of carbonyl (C=O) groups is 16. The van der Waals surface area contributed by atoms with E-state index in [1.54, 1.807) is 27.7 Å². The number of amides is 15. The van der Waals surface area contributed by atoms with Crippen molar-refractivity contribution in [3.05, 3.63) is 18.2 Å². The lowest BCUT2D eigenvalue weighted by Crippen LogP contribution is -2.78. The van der Waals surface area contributed by atoms with Gasteiger partial charge in [0.25, 0.3) is 5.91 Å². The predicted octanol–water partition coefficient (Wildman–Crippen LogP) is -13.1. The van der Waals surface area contributed by atoms with E-state index in [-0.39, 0.29) is 106 Å². The summed E-state index contributed by atoms with van der Waals surface area (Å²) in [5.74, 6) is -18.1. The average molecular weight is 1550 g/mol. The fraction of sp³-hybridized carbons (Fsp3) is 0.644. The van der Waals surface area contributed by atoms with Crippen molar-refractivity contribution in [2.45, 2.75) is 177 Å². The number of nitrogens with zero attached hydrogens (tertiary/aromatic N) is 1. The third-order valence-electron chi connectivity index (χ3n) is 15.2. The van der Waals surface area contributed by atoms with Gasteiger partial charge in [-0.25, -0.2) is 4.98 Å². The molecule has 0 saturated carbocycles. The lowest BCUT2D eigenvalue weighted by atomic mass is 10.0. The number of quaternary nitrogens is 1. The SMILES string of the molecule is CC(C)C[C@H](NC(=O)[C@@H]1CSS[C@H]2CSSC[C@H](NC(=O)CNC(=O)[C@H](CCC[NH+]=C(N)N)NC(=O)CNC(=O)[C@H](CC(C)C)NC(=O)[C@H](C)NC(=O)[C@@H](NC(=O)C[NH3+])C2)C(=O)N[C@@H](CCC(=O)O)C(=O)N[C@@H](CC(N)=O)C(=O)N[C@@H](Cc2cnc[nH]2)C(=O)N[C@@H](CCC[NH+]=C(N)N)C(=O)N1)C(N)=O. The van der Waals surface area contributed by atoms with Crippen LogP contribution >= 0.6 is 43.2 Å². The summed E-state index contributed by atoms with van der Waals surface area (Å²) in [7, 11) is 3.89. The number of aliphatic carboxylic acids is 1. The van der Waals surface area contributed by atoms with E-state index >= 15 is 0 Å². The highest BCUT2D eigenvalue weighted by molar-refractivity contribution is 8.78. The first-order valence-corrected chi connectivity index (χ1v) is 38.1. The molecule has 15 amide bonds. The monoisotopic (exact) mass is 1550 g/mol. The van der Waals surface area contributed by atoms with Crippen LogP contribution in [-0.2, 0) is 83.1 Å². The molecule has 0 radical (unpaired) electrons. The van der Waals surface area contributed by atoms with Gasteiger partial charge in [0.15, 0.2) is 6.54 Å². The largest absolute Gasteiger partial charge is 0.481 e. The molecule has 2 bridgehead atoms. The molecular formula is C59H101N24O17S4+3. The van der Waals surface area contributed by atoms with Crippen LogP contribution in [0.2, 0.25) is 0 Å². The summed E-state index contributed by atoms with van der Waals surface area (Å²) in [5.41, 5.74) is 37.6. The number of primary amides is 2. The average Bonchev–Trinajstić information content (AvgIpc) is 1.90. The van der Waals surface area contributed by atoms with Crippen LogP contribution in [0.15, 0.2) is 12.5 Å². The van der Waals surface area contributed by atoms with Crippen molar-refractivity contribution in [2.75, 3.05) is 50.0 Å². The molecule has 1 aromatic heterocycles. The molecule has 2 aliphatic heterocycles. The number of hydrogen-bond acceptors (Lipinski definition) is 21. The molecule has 32 N–H and O–H groups in total. The van der Waals surface area contributed by atoms with Crippen LogP contribution < -0.4 is 119 Å². The van der Waals surface area contributed by atoms with E-state index in [4.69, 9.17) is 34.4 Å². The summed E-state index contributed by atoms with van der Waals surface area (Å²) in [6, 6.07) is -17.3. The molecule has 0 aromatic carbocycles. The molecule has 2 fully saturated rings. The Bertz CT molecular complexity index is 3220. The van der Waals surface area contributed by atoms with Gasteiger partial charge in [0, 0.05) is 47.2 Å². The van der Waals surface area contributed by atoms with Crippen LogP contribution in [0.1, 0.15) is 105 Å². The quantitative estimate of drug-likeness (QED) is 0.0198. The number of carbonyl (C=O) groups excluding carboxylic acids is 15. The molecule has 2 aliphatic rings. The molecule has 3 heterocycles. The summed E-state index contributed by atoms with van der Waals surface area (Å²) in [6.45, 7) is 6.46. The Morgan fingerprint density at radius 2 is 1.15 bits per heavy atom. The number of H-pyrrole nitrogens is 1. The van der Waals surface area contributed by atoms with Crippen LogP contribution in [0, 0.1) is 11.8 Å². The maximum absolute atomic E-state index is 14.9. The Kier molecular flexibility index (Phi) is 39.6. The van der Waals surface area contributed by atoms with Gasteiger partial charge < -0.3 is 96.4 Å². The highest BCUT2D eigenvalue weighted by Gasteiger charge is 2.38. The van der Waals surface area contributed by atoms with Crippen molar-refractivity contribution in [1.82, 2.24) is 79.1 Å². The number of imidazole rings is 1. The van der Waals surface area contributed by atoms with E-state index in [1.807, 2.05) is 0 Å². The number of carboxylic acid groups (broad SMARTS) is 1. The highest BCUT2D eigenvalue weighted by atomic mass is 33.1. The minimum atomic E-state index is -1.98. The van der Waals surface area contributed by atoms with Crippen molar-refractivity contribution >= 4 is 150 Å². The number of aromatic amines is 1. The van der Waals surface area contributed by atoms with Gasteiger partial charge in [0.05, 0.1) is 38.9 Å². The molecular weight excluding hydrogens is 1450 g/mol. The summed E-state index contributed by atoms with van der Waals surface area (Å²) >= 11 is 0. The minimum Gasteiger partial charge on any atom is -0.481 e. The van der Waals surface area contributed by atoms with Gasteiger partial charge >= 0.3 is 17.9 Å². The molecule has 580 valence electrons. The third-order valence-corrected chi connectivity index (χ3v) is 20.8. The number of carboxylic acids is 1. The maximum Gasteiger partial charge on any atom is 0.338 e. The lowest BCUT2D eigenvalue weighted by Gasteiger charge is -2.28. The molecule has 0 aliphatic carbocycles.